The van der Waals surface area contributed by atoms with Crippen LogP contribution in [-0.4, -0.2) is 27.0 Å². The summed E-state index contributed by atoms with van der Waals surface area (Å²) in [5.74, 6) is 0.754. The van der Waals surface area contributed by atoms with E-state index in [2.05, 4.69) is 15.3 Å². The first-order chi connectivity index (χ1) is 9.20. The summed E-state index contributed by atoms with van der Waals surface area (Å²) in [7, 11) is 1.93. The zero-order valence-corrected chi connectivity index (χ0v) is 10.8. The molecule has 6 heteroatoms. The number of hydrogen-bond acceptors (Lipinski definition) is 4. The molecular formula is C13H17N5O. The number of amides is 1. The highest BCUT2D eigenvalue weighted by Crippen LogP contribution is 2.00. The van der Waals surface area contributed by atoms with Crippen LogP contribution >= 0.6 is 0 Å². The Morgan fingerprint density at radius 3 is 2.84 bits per heavy atom. The SMILES string of the molecule is Cn1ccnc1CCNC(=O)c1ccc(CN)cn1. The van der Waals surface area contributed by atoms with Crippen molar-refractivity contribution in [3.8, 4) is 0 Å². The molecule has 0 atom stereocenters. The van der Waals surface area contributed by atoms with Crippen LogP contribution in [0.2, 0.25) is 0 Å². The van der Waals surface area contributed by atoms with Crippen molar-refractivity contribution in [1.29, 1.82) is 0 Å². The first-order valence-electron chi connectivity index (χ1n) is 6.10. The van der Waals surface area contributed by atoms with Crippen molar-refractivity contribution < 1.29 is 4.79 Å². The van der Waals surface area contributed by atoms with E-state index in [1.54, 1.807) is 24.5 Å². The van der Waals surface area contributed by atoms with Crippen molar-refractivity contribution >= 4 is 5.91 Å². The zero-order valence-electron chi connectivity index (χ0n) is 10.8. The number of pyridine rings is 1. The number of nitrogens with one attached hydrogen (secondary N) is 1. The van der Waals surface area contributed by atoms with Crippen LogP contribution in [0.3, 0.4) is 0 Å². The summed E-state index contributed by atoms with van der Waals surface area (Å²) in [6.45, 7) is 0.956. The molecule has 0 aliphatic rings. The minimum absolute atomic E-state index is 0.183. The maximum atomic E-state index is 11.8. The maximum Gasteiger partial charge on any atom is 0.269 e. The first-order valence-corrected chi connectivity index (χ1v) is 6.10. The molecule has 2 aromatic heterocycles. The second-order valence-corrected chi connectivity index (χ2v) is 4.22. The fourth-order valence-electron chi connectivity index (χ4n) is 1.70. The van der Waals surface area contributed by atoms with Crippen LogP contribution in [0.4, 0.5) is 0 Å². The summed E-state index contributed by atoms with van der Waals surface area (Å²) in [6.07, 6.45) is 5.93. The molecule has 0 aromatic carbocycles. The predicted octanol–water partition coefficient (Wildman–Crippen LogP) is 0.246. The lowest BCUT2D eigenvalue weighted by Crippen LogP contribution is -2.27. The Kier molecular flexibility index (Phi) is 4.25. The Hall–Kier alpha value is -2.21. The van der Waals surface area contributed by atoms with Crippen LogP contribution in [0, 0.1) is 0 Å². The highest BCUT2D eigenvalue weighted by atomic mass is 16.1. The smallest absolute Gasteiger partial charge is 0.269 e. The number of nitrogens with zero attached hydrogens (tertiary/aromatic N) is 3. The molecule has 0 radical (unpaired) electrons. The van der Waals surface area contributed by atoms with Gasteiger partial charge in [-0.15, -0.1) is 0 Å². The lowest BCUT2D eigenvalue weighted by Gasteiger charge is -2.05. The van der Waals surface area contributed by atoms with Crippen molar-refractivity contribution in [3.05, 3.63) is 47.8 Å². The molecular weight excluding hydrogens is 242 g/mol. The van der Waals surface area contributed by atoms with Crippen LogP contribution in [0.5, 0.6) is 0 Å². The molecule has 0 fully saturated rings. The fraction of sp³-hybridized carbons (Fsp3) is 0.308. The Labute approximate surface area is 111 Å². The third-order valence-electron chi connectivity index (χ3n) is 2.85. The van der Waals surface area contributed by atoms with Crippen LogP contribution < -0.4 is 11.1 Å². The van der Waals surface area contributed by atoms with Gasteiger partial charge in [-0.05, 0) is 11.6 Å². The van der Waals surface area contributed by atoms with E-state index in [0.717, 1.165) is 11.4 Å². The summed E-state index contributed by atoms with van der Waals surface area (Å²) in [4.78, 5) is 20.1. The lowest BCUT2D eigenvalue weighted by atomic mass is 10.2. The number of carbonyl (C=O) groups is 1. The molecule has 6 nitrogen and oxygen atoms in total. The average molecular weight is 259 g/mol. The van der Waals surface area contributed by atoms with E-state index in [4.69, 9.17) is 5.73 Å². The molecule has 0 spiro atoms. The molecule has 2 rings (SSSR count). The number of carbonyl (C=O) groups excluding carboxylic acids is 1. The predicted molar refractivity (Wildman–Crippen MR) is 71.4 cm³/mol. The Morgan fingerprint density at radius 1 is 1.42 bits per heavy atom. The van der Waals surface area contributed by atoms with Crippen molar-refractivity contribution in [2.24, 2.45) is 12.8 Å². The van der Waals surface area contributed by atoms with Gasteiger partial charge in [0.1, 0.15) is 11.5 Å². The third-order valence-corrected chi connectivity index (χ3v) is 2.85. The van der Waals surface area contributed by atoms with Crippen molar-refractivity contribution in [2.45, 2.75) is 13.0 Å². The quantitative estimate of drug-likeness (QED) is 0.805. The van der Waals surface area contributed by atoms with Crippen LogP contribution in [-0.2, 0) is 20.0 Å². The maximum absolute atomic E-state index is 11.8. The standard InChI is InChI=1S/C13H17N5O/c1-18-7-6-15-12(18)4-5-16-13(19)11-3-2-10(8-14)9-17-11/h2-3,6-7,9H,4-5,8,14H2,1H3,(H,16,19). The molecule has 0 saturated heterocycles. The number of hydrogen-bond donors (Lipinski definition) is 2. The van der Waals surface area contributed by atoms with Gasteiger partial charge in [-0.25, -0.2) is 4.98 Å². The van der Waals surface area contributed by atoms with E-state index in [0.29, 0.717) is 25.2 Å². The van der Waals surface area contributed by atoms with Crippen molar-refractivity contribution in [3.63, 3.8) is 0 Å². The zero-order chi connectivity index (χ0) is 13.7. The van der Waals surface area contributed by atoms with Gasteiger partial charge in [0.25, 0.3) is 5.91 Å². The minimum Gasteiger partial charge on any atom is -0.350 e. The number of rotatable bonds is 5. The Morgan fingerprint density at radius 2 is 2.26 bits per heavy atom. The lowest BCUT2D eigenvalue weighted by molar-refractivity contribution is 0.0949. The van der Waals surface area contributed by atoms with Gasteiger partial charge in [-0.1, -0.05) is 6.07 Å². The van der Waals surface area contributed by atoms with Crippen molar-refractivity contribution in [1.82, 2.24) is 19.9 Å². The summed E-state index contributed by atoms with van der Waals surface area (Å²) in [5, 5.41) is 2.82. The molecule has 3 N–H and O–H groups in total. The molecule has 0 unspecified atom stereocenters. The topological polar surface area (TPSA) is 85.8 Å². The van der Waals surface area contributed by atoms with Gasteiger partial charge in [0.2, 0.25) is 0 Å². The minimum atomic E-state index is -0.183. The number of imidazole rings is 1. The molecule has 19 heavy (non-hydrogen) atoms. The third kappa shape index (κ3) is 3.38. The molecule has 0 saturated carbocycles. The Bertz CT molecular complexity index is 546. The van der Waals surface area contributed by atoms with E-state index in [1.165, 1.54) is 0 Å². The van der Waals surface area contributed by atoms with Gasteiger partial charge in [-0.2, -0.15) is 0 Å². The van der Waals surface area contributed by atoms with E-state index >= 15 is 0 Å². The number of aromatic nitrogens is 3. The van der Waals surface area contributed by atoms with Gasteiger partial charge in [0.05, 0.1) is 0 Å². The molecule has 0 aliphatic carbocycles. The second-order valence-electron chi connectivity index (χ2n) is 4.22. The molecule has 2 aromatic rings. The van der Waals surface area contributed by atoms with E-state index in [9.17, 15) is 4.79 Å². The monoisotopic (exact) mass is 259 g/mol. The first kappa shape index (κ1) is 13.2. The normalized spacial score (nSPS) is 10.4. The second kappa shape index (κ2) is 6.10. The van der Waals surface area contributed by atoms with Crippen LogP contribution in [0.25, 0.3) is 0 Å². The van der Waals surface area contributed by atoms with E-state index in [1.807, 2.05) is 17.8 Å². The van der Waals surface area contributed by atoms with E-state index < -0.39 is 0 Å². The summed E-state index contributed by atoms with van der Waals surface area (Å²) in [6, 6.07) is 3.49. The highest BCUT2D eigenvalue weighted by molar-refractivity contribution is 5.92. The average Bonchev–Trinajstić information content (AvgIpc) is 2.84. The van der Waals surface area contributed by atoms with Gasteiger partial charge in [-0.3, -0.25) is 9.78 Å². The van der Waals surface area contributed by atoms with Crippen LogP contribution in [0.1, 0.15) is 21.9 Å². The molecule has 2 heterocycles. The summed E-state index contributed by atoms with van der Waals surface area (Å²) < 4.78 is 1.93. The van der Waals surface area contributed by atoms with E-state index in [-0.39, 0.29) is 5.91 Å². The molecule has 1 amide bonds. The number of nitrogens with two attached hydrogens (primary N) is 1. The van der Waals surface area contributed by atoms with Crippen LogP contribution in [0.15, 0.2) is 30.7 Å². The summed E-state index contributed by atoms with van der Waals surface area (Å²) >= 11 is 0. The van der Waals surface area contributed by atoms with Gasteiger partial charge < -0.3 is 15.6 Å². The number of aryl methyl sites for hydroxylation is 1. The van der Waals surface area contributed by atoms with Gasteiger partial charge in [0.15, 0.2) is 0 Å². The molecule has 0 aliphatic heterocycles. The summed E-state index contributed by atoms with van der Waals surface area (Å²) in [5.41, 5.74) is 6.78. The van der Waals surface area contributed by atoms with Gasteiger partial charge in [0, 0.05) is 45.1 Å². The molecule has 0 bridgehead atoms. The Balaban J connectivity index is 1.85. The largest absolute Gasteiger partial charge is 0.350 e. The highest BCUT2D eigenvalue weighted by Gasteiger charge is 2.07. The fourth-order valence-corrected chi connectivity index (χ4v) is 1.70. The molecule has 100 valence electrons. The van der Waals surface area contributed by atoms with Crippen molar-refractivity contribution in [2.75, 3.05) is 6.54 Å². The van der Waals surface area contributed by atoms with Gasteiger partial charge >= 0.3 is 0 Å².